The Morgan fingerprint density at radius 1 is 1.33 bits per heavy atom. The first kappa shape index (κ1) is 20.2. The first-order chi connectivity index (χ1) is 12.9. The highest BCUT2D eigenvalue weighted by Crippen LogP contribution is 2.42. The third-order valence-electron chi connectivity index (χ3n) is 4.85. The molecule has 0 amide bonds. The molecule has 2 rings (SSSR count). The van der Waals surface area contributed by atoms with Crippen molar-refractivity contribution in [1.82, 2.24) is 0 Å². The zero-order chi connectivity index (χ0) is 20.0. The Morgan fingerprint density at radius 2 is 2.00 bits per heavy atom. The van der Waals surface area contributed by atoms with E-state index in [0.717, 1.165) is 5.56 Å². The van der Waals surface area contributed by atoms with Crippen LogP contribution in [0.15, 0.2) is 48.7 Å². The number of rotatable bonds is 6. The Labute approximate surface area is 159 Å². The van der Waals surface area contributed by atoms with Crippen LogP contribution in [0.5, 0.6) is 5.75 Å². The van der Waals surface area contributed by atoms with Gasteiger partial charge < -0.3 is 14.6 Å². The number of aliphatic hydroxyl groups is 1. The Kier molecular flexibility index (Phi) is 6.39. The van der Waals surface area contributed by atoms with E-state index in [1.807, 2.05) is 24.3 Å². The fourth-order valence-electron chi connectivity index (χ4n) is 3.45. The van der Waals surface area contributed by atoms with E-state index in [1.54, 1.807) is 19.3 Å². The number of nitrogens with zero attached hydrogens (tertiary/aromatic N) is 2. The van der Waals surface area contributed by atoms with Crippen LogP contribution in [-0.2, 0) is 16.0 Å². The minimum Gasteiger partial charge on any atom is -0.497 e. The molecule has 4 atom stereocenters. The van der Waals surface area contributed by atoms with Gasteiger partial charge in [0, 0.05) is 6.92 Å². The van der Waals surface area contributed by atoms with Gasteiger partial charge >= 0.3 is 17.2 Å². The molecule has 0 saturated carbocycles. The number of carbonyl (C=O) groups excluding carboxylic acids is 1. The van der Waals surface area contributed by atoms with E-state index in [-0.39, 0.29) is 12.1 Å². The minimum absolute atomic E-state index is 0.241. The van der Waals surface area contributed by atoms with Crippen LogP contribution in [0.1, 0.15) is 18.9 Å². The van der Waals surface area contributed by atoms with Gasteiger partial charge in [0.2, 0.25) is 0 Å². The van der Waals surface area contributed by atoms with Crippen LogP contribution in [0.2, 0.25) is 0 Å². The zero-order valence-corrected chi connectivity index (χ0v) is 15.5. The molecule has 0 spiro atoms. The summed E-state index contributed by atoms with van der Waals surface area (Å²) in [7, 11) is 1.59. The van der Waals surface area contributed by atoms with Gasteiger partial charge in [-0.25, -0.2) is 0 Å². The normalized spacial score (nSPS) is 23.4. The summed E-state index contributed by atoms with van der Waals surface area (Å²) >= 11 is 0. The lowest BCUT2D eigenvalue weighted by Crippen LogP contribution is -2.48. The summed E-state index contributed by atoms with van der Waals surface area (Å²) in [5, 5.41) is 10.2. The molecule has 1 unspecified atom stereocenters. The summed E-state index contributed by atoms with van der Waals surface area (Å²) in [6, 6.07) is 7.38. The Balaban J connectivity index is 2.49. The van der Waals surface area contributed by atoms with Crippen LogP contribution in [0.4, 0.5) is 0 Å². The Bertz CT molecular complexity index is 816. The summed E-state index contributed by atoms with van der Waals surface area (Å²) in [5.41, 5.74) is -0.0271. The molecular formula is C21H24N2O4+2. The maximum absolute atomic E-state index is 11.6. The van der Waals surface area contributed by atoms with E-state index in [2.05, 4.69) is 16.3 Å². The molecule has 0 radical (unpaired) electrons. The quantitative estimate of drug-likeness (QED) is 0.618. The summed E-state index contributed by atoms with van der Waals surface area (Å²) in [4.78, 5) is 19.4. The molecule has 140 valence electrons. The van der Waals surface area contributed by atoms with Gasteiger partial charge in [0.05, 0.1) is 25.6 Å². The van der Waals surface area contributed by atoms with Crippen LogP contribution in [0.3, 0.4) is 0 Å². The second-order valence-electron chi connectivity index (χ2n) is 6.52. The number of benzene rings is 1. The molecule has 0 aromatic heterocycles. The van der Waals surface area contributed by atoms with Crippen LogP contribution in [0.25, 0.3) is 9.69 Å². The van der Waals surface area contributed by atoms with E-state index in [0.29, 0.717) is 12.2 Å². The molecule has 27 heavy (non-hydrogen) atoms. The highest BCUT2D eigenvalue weighted by molar-refractivity contribution is 5.66. The largest absolute Gasteiger partial charge is 0.497 e. The molecule has 0 bridgehead atoms. The molecule has 1 aliphatic rings. The maximum Gasteiger partial charge on any atom is 0.399 e. The van der Waals surface area contributed by atoms with Gasteiger partial charge in [-0.3, -0.25) is 4.79 Å². The predicted octanol–water partition coefficient (Wildman–Crippen LogP) is 3.28. The molecule has 1 aliphatic carbocycles. The molecular weight excluding hydrogens is 344 g/mol. The molecule has 0 fully saturated rings. The topological polar surface area (TPSA) is 64.5 Å². The monoisotopic (exact) mass is 368 g/mol. The van der Waals surface area contributed by atoms with Crippen molar-refractivity contribution < 1.29 is 19.4 Å². The molecule has 6 heteroatoms. The van der Waals surface area contributed by atoms with Gasteiger partial charge in [-0.2, -0.15) is 0 Å². The van der Waals surface area contributed by atoms with Gasteiger partial charge in [0.25, 0.3) is 13.1 Å². The van der Waals surface area contributed by atoms with Crippen LogP contribution in [0, 0.1) is 19.1 Å². The van der Waals surface area contributed by atoms with E-state index in [4.69, 9.17) is 22.6 Å². The van der Waals surface area contributed by atoms with E-state index in [1.165, 1.54) is 6.92 Å². The average Bonchev–Trinajstić information content (AvgIpc) is 2.67. The number of hydrogen-bond donors (Lipinski definition) is 1. The molecule has 0 saturated heterocycles. The highest BCUT2D eigenvalue weighted by atomic mass is 16.5. The SMILES string of the molecule is C#[N+]C(=C)C(Cc1ccc(OC)cc1)([N+]#C)[C@H]1C[C@@H](O)C=C[C@@H]1OC(C)=O. The Hall–Kier alpha value is -3.09. The van der Waals surface area contributed by atoms with Gasteiger partial charge in [0.15, 0.2) is 0 Å². The van der Waals surface area contributed by atoms with Gasteiger partial charge in [-0.15, -0.1) is 0 Å². The summed E-state index contributed by atoms with van der Waals surface area (Å²) in [6.07, 6.45) is 2.42. The van der Waals surface area contributed by atoms with Crippen molar-refractivity contribution in [3.63, 3.8) is 0 Å². The maximum atomic E-state index is 11.6. The molecule has 1 aromatic rings. The van der Waals surface area contributed by atoms with Crippen molar-refractivity contribution in [2.45, 2.75) is 37.5 Å². The summed E-state index contributed by atoms with van der Waals surface area (Å²) in [6.45, 7) is 16.6. The second kappa shape index (κ2) is 8.53. The number of esters is 1. The van der Waals surface area contributed by atoms with Crippen LogP contribution < -0.4 is 4.74 Å². The summed E-state index contributed by atoms with van der Waals surface area (Å²) in [5.74, 6) is -0.227. The van der Waals surface area contributed by atoms with Crippen molar-refractivity contribution in [2.24, 2.45) is 5.92 Å². The third-order valence-corrected chi connectivity index (χ3v) is 4.85. The lowest BCUT2D eigenvalue weighted by molar-refractivity contribution is -0.148. The highest BCUT2D eigenvalue weighted by Gasteiger charge is 2.62. The van der Waals surface area contributed by atoms with Gasteiger partial charge in [-0.1, -0.05) is 23.1 Å². The Morgan fingerprint density at radius 3 is 2.52 bits per heavy atom. The van der Waals surface area contributed by atoms with Crippen LogP contribution >= 0.6 is 0 Å². The number of methoxy groups -OCH3 is 1. The number of carbonyl (C=O) groups is 1. The fraction of sp³-hybridized carbons (Fsp3) is 0.381. The third kappa shape index (κ3) is 4.36. The molecule has 0 aliphatic heterocycles. The van der Waals surface area contributed by atoms with E-state index < -0.39 is 29.6 Å². The first-order valence-electron chi connectivity index (χ1n) is 8.55. The van der Waals surface area contributed by atoms with Crippen molar-refractivity contribution >= 4 is 5.97 Å². The number of ether oxygens (including phenoxy) is 2. The summed E-state index contributed by atoms with van der Waals surface area (Å²) < 4.78 is 10.6. The molecule has 1 N–H and O–H groups in total. The second-order valence-corrected chi connectivity index (χ2v) is 6.52. The average molecular weight is 368 g/mol. The predicted molar refractivity (Wildman–Crippen MR) is 104 cm³/mol. The first-order valence-corrected chi connectivity index (χ1v) is 8.55. The zero-order valence-electron chi connectivity index (χ0n) is 15.5. The fourth-order valence-corrected chi connectivity index (χ4v) is 3.45. The number of hydrogen-bond acceptors (Lipinski definition) is 4. The van der Waals surface area contributed by atoms with Gasteiger partial charge in [-0.05, 0) is 41.6 Å². The van der Waals surface area contributed by atoms with E-state index >= 15 is 0 Å². The molecule has 0 heterocycles. The lowest BCUT2D eigenvalue weighted by Gasteiger charge is -2.32. The van der Waals surface area contributed by atoms with Crippen molar-refractivity contribution in [3.8, 4) is 18.9 Å². The minimum atomic E-state index is -1.16. The van der Waals surface area contributed by atoms with Gasteiger partial charge in [0.1, 0.15) is 11.9 Å². The van der Waals surface area contributed by atoms with Crippen molar-refractivity contribution in [1.29, 1.82) is 0 Å². The van der Waals surface area contributed by atoms with E-state index in [9.17, 15) is 9.90 Å². The van der Waals surface area contributed by atoms with Crippen LogP contribution in [-0.4, -0.2) is 35.9 Å². The number of aliphatic hydroxyl groups excluding tert-OH is 1. The lowest BCUT2D eigenvalue weighted by atomic mass is 9.70. The van der Waals surface area contributed by atoms with Crippen molar-refractivity contribution in [2.75, 3.05) is 7.11 Å². The molecule has 1 aromatic carbocycles. The smallest absolute Gasteiger partial charge is 0.399 e. The molecule has 6 nitrogen and oxygen atoms in total. The standard InChI is InChI=1S/C21H24N2O4/c1-14(22-3)21(23-4,13-16-6-9-18(26-5)10-7-16)19-12-17(25)8-11-20(19)27-15(2)24/h3-4,6-11,17,19-20,25H,1,12-13H2,2,5H3/q+2/t17-,19-,20-,21?/m0/s1. The van der Waals surface area contributed by atoms with Crippen molar-refractivity contribution in [3.05, 3.63) is 63.9 Å².